The average molecular weight is 466 g/mol. The predicted molar refractivity (Wildman–Crippen MR) is 134 cm³/mol. The van der Waals surface area contributed by atoms with Gasteiger partial charge < -0.3 is 25.3 Å². The number of benzene rings is 1. The number of ether oxygens (including phenoxy) is 1. The Morgan fingerprint density at radius 2 is 1.65 bits per heavy atom. The van der Waals surface area contributed by atoms with Crippen LogP contribution >= 0.6 is 0 Å². The van der Waals surface area contributed by atoms with Crippen molar-refractivity contribution in [1.29, 1.82) is 0 Å². The molecule has 0 atom stereocenters. The highest BCUT2D eigenvalue weighted by Gasteiger charge is 2.24. The highest BCUT2D eigenvalue weighted by Crippen LogP contribution is 2.28. The lowest BCUT2D eigenvalue weighted by molar-refractivity contribution is 0.0370. The number of carbonyl (C=O) groups excluding carboxylic acids is 1. The summed E-state index contributed by atoms with van der Waals surface area (Å²) in [5, 5.41) is 3.08. The van der Waals surface area contributed by atoms with Gasteiger partial charge in [-0.25, -0.2) is 9.97 Å². The van der Waals surface area contributed by atoms with Crippen LogP contribution in [0.15, 0.2) is 24.3 Å². The fraction of sp³-hybridized carbons (Fsp3) is 0.560. The molecule has 0 aliphatic carbocycles. The molecule has 2 aromatic heterocycles. The molecule has 1 aromatic carbocycles. The lowest BCUT2D eigenvalue weighted by Crippen LogP contribution is -2.37. The Labute approximate surface area is 200 Å². The molecule has 3 aromatic rings. The number of aromatic nitrogens is 3. The first-order chi connectivity index (χ1) is 16.7. The molecule has 0 unspecified atom stereocenters. The minimum Gasteiger partial charge on any atom is -0.384 e. The smallest absolute Gasteiger partial charge is 0.257 e. The molecule has 4 heterocycles. The first-order valence-electron chi connectivity index (χ1n) is 12.6. The Hall–Kier alpha value is -2.75. The van der Waals surface area contributed by atoms with E-state index in [1.54, 1.807) is 0 Å². The number of nitrogens with zero attached hydrogens (tertiary/aromatic N) is 5. The molecular formula is C25H35N7O2. The van der Waals surface area contributed by atoms with E-state index in [-0.39, 0.29) is 5.91 Å². The van der Waals surface area contributed by atoms with Crippen LogP contribution in [0.2, 0.25) is 0 Å². The summed E-state index contributed by atoms with van der Waals surface area (Å²) in [5.74, 6) is 0.277. The zero-order chi connectivity index (χ0) is 23.3. The zero-order valence-corrected chi connectivity index (χ0v) is 19.8. The number of anilines is 1. The first-order valence-corrected chi connectivity index (χ1v) is 12.6. The summed E-state index contributed by atoms with van der Waals surface area (Å²) in [4.78, 5) is 27.8. The largest absolute Gasteiger partial charge is 0.384 e. The third-order valence-electron chi connectivity index (χ3n) is 6.94. The number of nitrogen functional groups attached to an aromatic ring is 1. The Kier molecular flexibility index (Phi) is 7.22. The van der Waals surface area contributed by atoms with Gasteiger partial charge in [-0.2, -0.15) is 0 Å². The topological polar surface area (TPSA) is 102 Å². The molecular weight excluding hydrogens is 430 g/mol. The maximum absolute atomic E-state index is 13.3. The lowest BCUT2D eigenvalue weighted by Gasteiger charge is -2.26. The monoisotopic (exact) mass is 465 g/mol. The van der Waals surface area contributed by atoms with Gasteiger partial charge in [0.05, 0.1) is 24.2 Å². The van der Waals surface area contributed by atoms with E-state index in [1.165, 1.54) is 19.3 Å². The molecule has 9 nitrogen and oxygen atoms in total. The van der Waals surface area contributed by atoms with Gasteiger partial charge in [0.1, 0.15) is 16.9 Å². The zero-order valence-electron chi connectivity index (χ0n) is 19.8. The number of nitrogens with one attached hydrogen (secondary N) is 1. The number of hydrogen-bond acceptors (Lipinski definition) is 7. The van der Waals surface area contributed by atoms with Crippen LogP contribution in [0.1, 0.15) is 36.0 Å². The number of likely N-dealkylation sites (tertiary alicyclic amines) is 1. The lowest BCUT2D eigenvalue weighted by atomic mass is 10.1. The van der Waals surface area contributed by atoms with Crippen LogP contribution in [-0.2, 0) is 11.3 Å². The highest BCUT2D eigenvalue weighted by molar-refractivity contribution is 6.10. The molecule has 2 fully saturated rings. The van der Waals surface area contributed by atoms with E-state index in [2.05, 4.69) is 15.1 Å². The van der Waals surface area contributed by atoms with Crippen molar-refractivity contribution in [1.82, 2.24) is 29.7 Å². The molecule has 2 aliphatic heterocycles. The van der Waals surface area contributed by atoms with Crippen LogP contribution in [0.3, 0.4) is 0 Å². The molecule has 2 saturated heterocycles. The Balaban J connectivity index is 1.37. The van der Waals surface area contributed by atoms with Gasteiger partial charge in [-0.15, -0.1) is 0 Å². The fourth-order valence-corrected chi connectivity index (χ4v) is 5.04. The molecule has 0 bridgehead atoms. The quantitative estimate of drug-likeness (QED) is 0.525. The number of nitrogens with two attached hydrogens (primary N) is 1. The van der Waals surface area contributed by atoms with Crippen molar-refractivity contribution in [3.8, 4) is 0 Å². The summed E-state index contributed by atoms with van der Waals surface area (Å²) < 4.78 is 7.42. The number of rotatable bonds is 8. The van der Waals surface area contributed by atoms with Crippen LogP contribution in [-0.4, -0.2) is 89.3 Å². The summed E-state index contributed by atoms with van der Waals surface area (Å²) >= 11 is 0. The van der Waals surface area contributed by atoms with Gasteiger partial charge >= 0.3 is 0 Å². The Morgan fingerprint density at radius 1 is 0.941 bits per heavy atom. The van der Waals surface area contributed by atoms with E-state index in [0.717, 1.165) is 69.9 Å². The van der Waals surface area contributed by atoms with Gasteiger partial charge in [-0.1, -0.05) is 18.6 Å². The maximum atomic E-state index is 13.3. The van der Waals surface area contributed by atoms with Crippen LogP contribution in [0.5, 0.6) is 0 Å². The van der Waals surface area contributed by atoms with Crippen molar-refractivity contribution in [2.75, 3.05) is 64.8 Å². The Bertz CT molecular complexity index is 1130. The average Bonchev–Trinajstić information content (AvgIpc) is 3.14. The number of morpholine rings is 1. The maximum Gasteiger partial charge on any atom is 0.257 e. The summed E-state index contributed by atoms with van der Waals surface area (Å²) in [5.41, 5.74) is 9.87. The van der Waals surface area contributed by atoms with Gasteiger partial charge in [0, 0.05) is 39.3 Å². The van der Waals surface area contributed by atoms with Crippen molar-refractivity contribution in [3.05, 3.63) is 29.8 Å². The molecule has 9 heteroatoms. The number of piperidine rings is 1. The third-order valence-corrected chi connectivity index (χ3v) is 6.94. The second-order valence-corrected chi connectivity index (χ2v) is 9.26. The highest BCUT2D eigenvalue weighted by atomic mass is 16.5. The molecule has 2 aliphatic rings. The number of carbonyl (C=O) groups is 1. The van der Waals surface area contributed by atoms with Gasteiger partial charge in [-0.05, 0) is 44.5 Å². The summed E-state index contributed by atoms with van der Waals surface area (Å²) in [6, 6.07) is 7.75. The summed E-state index contributed by atoms with van der Waals surface area (Å²) in [7, 11) is 0. The molecule has 0 saturated carbocycles. The second kappa shape index (κ2) is 10.7. The van der Waals surface area contributed by atoms with Crippen molar-refractivity contribution in [2.24, 2.45) is 0 Å². The van der Waals surface area contributed by atoms with Crippen LogP contribution in [0, 0.1) is 0 Å². The van der Waals surface area contributed by atoms with Crippen LogP contribution < -0.4 is 11.1 Å². The number of aryl methyl sites for hydroxylation is 1. The van der Waals surface area contributed by atoms with Gasteiger partial charge in [0.15, 0.2) is 5.65 Å². The second-order valence-electron chi connectivity index (χ2n) is 9.26. The molecule has 0 spiro atoms. The molecule has 1 amide bonds. The van der Waals surface area contributed by atoms with Crippen LogP contribution in [0.25, 0.3) is 22.2 Å². The van der Waals surface area contributed by atoms with E-state index in [4.69, 9.17) is 20.4 Å². The van der Waals surface area contributed by atoms with Gasteiger partial charge in [-0.3, -0.25) is 9.69 Å². The standard InChI is InChI=1S/C25H35N7O2/c26-23-21(25(33)27-9-14-30-10-4-1-5-11-30)22-24(29-20-8-3-2-7-19(20)28-22)32(23)13-6-12-31-15-17-34-18-16-31/h2-3,7-8H,1,4-6,9-18,26H2,(H,27,33). The summed E-state index contributed by atoms with van der Waals surface area (Å²) in [6.07, 6.45) is 4.69. The molecule has 34 heavy (non-hydrogen) atoms. The molecule has 182 valence electrons. The number of hydrogen-bond donors (Lipinski definition) is 2. The molecule has 3 N–H and O–H groups in total. The van der Waals surface area contributed by atoms with Crippen molar-refractivity contribution in [2.45, 2.75) is 32.2 Å². The number of amides is 1. The Morgan fingerprint density at radius 3 is 2.41 bits per heavy atom. The molecule has 5 rings (SSSR count). The van der Waals surface area contributed by atoms with E-state index >= 15 is 0 Å². The fourth-order valence-electron chi connectivity index (χ4n) is 5.04. The van der Waals surface area contributed by atoms with Crippen molar-refractivity contribution < 1.29 is 9.53 Å². The minimum atomic E-state index is -0.170. The van der Waals surface area contributed by atoms with Crippen molar-refractivity contribution in [3.63, 3.8) is 0 Å². The van der Waals surface area contributed by atoms with E-state index in [9.17, 15) is 4.79 Å². The van der Waals surface area contributed by atoms with Crippen LogP contribution in [0.4, 0.5) is 5.82 Å². The normalized spacial score (nSPS) is 18.0. The van der Waals surface area contributed by atoms with Gasteiger partial charge in [0.2, 0.25) is 0 Å². The SMILES string of the molecule is Nc1c(C(=O)NCCN2CCCCC2)c2nc3ccccc3nc2n1CCCN1CCOCC1. The van der Waals surface area contributed by atoms with Gasteiger partial charge in [0.25, 0.3) is 5.91 Å². The minimum absolute atomic E-state index is 0.170. The van der Waals surface area contributed by atoms with E-state index in [1.807, 2.05) is 28.8 Å². The predicted octanol–water partition coefficient (Wildman–Crippen LogP) is 2.10. The number of fused-ring (bicyclic) bond motifs is 2. The van der Waals surface area contributed by atoms with Crippen molar-refractivity contribution >= 4 is 33.9 Å². The van der Waals surface area contributed by atoms with E-state index in [0.29, 0.717) is 35.6 Å². The van der Waals surface area contributed by atoms with E-state index < -0.39 is 0 Å². The first kappa shape index (κ1) is 23.0. The third kappa shape index (κ3) is 5.01. The summed E-state index contributed by atoms with van der Waals surface area (Å²) in [6.45, 7) is 8.81. The molecule has 0 radical (unpaired) electrons. The number of para-hydroxylation sites is 2.